The largest absolute Gasteiger partial charge is 0.305 e. The molecule has 0 saturated carbocycles. The average Bonchev–Trinajstić information content (AvgIpc) is 2.76. The number of aromatic nitrogens is 3. The van der Waals surface area contributed by atoms with E-state index >= 15 is 0 Å². The molecule has 1 saturated heterocycles. The average molecular weight is 273 g/mol. The van der Waals surface area contributed by atoms with E-state index in [1.807, 2.05) is 14.1 Å². The lowest BCUT2D eigenvalue weighted by molar-refractivity contribution is 0.190. The molecule has 1 fully saturated rings. The number of likely N-dealkylation sites (N-methyl/N-ethyl adjacent to an activating group) is 1. The van der Waals surface area contributed by atoms with Gasteiger partial charge < -0.3 is 4.90 Å². The highest BCUT2D eigenvalue weighted by Gasteiger charge is 2.32. The summed E-state index contributed by atoms with van der Waals surface area (Å²) in [5.74, 6) is 0. The molecule has 0 amide bonds. The van der Waals surface area contributed by atoms with Crippen molar-refractivity contribution in [3.05, 3.63) is 6.20 Å². The Balaban J connectivity index is 2.23. The van der Waals surface area contributed by atoms with Crippen LogP contribution < -0.4 is 0 Å². The van der Waals surface area contributed by atoms with Crippen LogP contribution in [0.5, 0.6) is 0 Å². The standard InChI is InChI=1S/C10H19N5O2S/c1-13(2)9-5-4-6-15(8-9)18(16,17)10-7-11-12-14(10)3/h7,9H,4-6,8H2,1-3H3. The Hall–Kier alpha value is -0.990. The maximum absolute atomic E-state index is 12.4. The Morgan fingerprint density at radius 3 is 2.72 bits per heavy atom. The van der Waals surface area contributed by atoms with Crippen LogP contribution in [0.4, 0.5) is 0 Å². The van der Waals surface area contributed by atoms with Gasteiger partial charge in [0, 0.05) is 26.2 Å². The first-order valence-electron chi connectivity index (χ1n) is 5.94. The van der Waals surface area contributed by atoms with Crippen LogP contribution in [0.1, 0.15) is 12.8 Å². The number of hydrogen-bond acceptors (Lipinski definition) is 5. The van der Waals surface area contributed by atoms with Gasteiger partial charge in [-0.05, 0) is 26.9 Å². The van der Waals surface area contributed by atoms with E-state index < -0.39 is 10.0 Å². The van der Waals surface area contributed by atoms with Crippen molar-refractivity contribution < 1.29 is 8.42 Å². The second-order valence-electron chi connectivity index (χ2n) is 4.82. The molecule has 0 N–H and O–H groups in total. The van der Waals surface area contributed by atoms with E-state index in [4.69, 9.17) is 0 Å². The van der Waals surface area contributed by atoms with E-state index in [1.165, 1.54) is 15.2 Å². The van der Waals surface area contributed by atoms with Gasteiger partial charge in [-0.15, -0.1) is 5.10 Å². The van der Waals surface area contributed by atoms with E-state index in [1.54, 1.807) is 7.05 Å². The van der Waals surface area contributed by atoms with Gasteiger partial charge >= 0.3 is 0 Å². The van der Waals surface area contributed by atoms with Crippen LogP contribution in [-0.4, -0.2) is 65.8 Å². The molecule has 1 aromatic heterocycles. The Labute approximate surface area is 107 Å². The molecular formula is C10H19N5O2S. The first kappa shape index (κ1) is 13.4. The summed E-state index contributed by atoms with van der Waals surface area (Å²) in [6, 6.07) is 0.273. The zero-order valence-electron chi connectivity index (χ0n) is 10.9. The van der Waals surface area contributed by atoms with Crippen LogP contribution in [0, 0.1) is 0 Å². The molecule has 0 aliphatic carbocycles. The van der Waals surface area contributed by atoms with Gasteiger partial charge in [0.1, 0.15) is 0 Å². The van der Waals surface area contributed by atoms with Crippen molar-refractivity contribution >= 4 is 10.0 Å². The summed E-state index contributed by atoms with van der Waals surface area (Å²) in [6.07, 6.45) is 3.21. The third kappa shape index (κ3) is 2.40. The first-order valence-corrected chi connectivity index (χ1v) is 7.38. The minimum Gasteiger partial charge on any atom is -0.305 e. The molecule has 1 aromatic rings. The normalized spacial score (nSPS) is 22.6. The van der Waals surface area contributed by atoms with Gasteiger partial charge in [-0.1, -0.05) is 5.21 Å². The van der Waals surface area contributed by atoms with Gasteiger partial charge in [-0.3, -0.25) is 0 Å². The summed E-state index contributed by atoms with van der Waals surface area (Å²) in [7, 11) is 2.08. The van der Waals surface area contributed by atoms with Crippen LogP contribution in [0.15, 0.2) is 11.2 Å². The molecule has 1 aliphatic heterocycles. The maximum atomic E-state index is 12.4. The lowest BCUT2D eigenvalue weighted by Gasteiger charge is -2.35. The van der Waals surface area contributed by atoms with E-state index in [-0.39, 0.29) is 11.1 Å². The summed E-state index contributed by atoms with van der Waals surface area (Å²) in [5.41, 5.74) is 0. The summed E-state index contributed by atoms with van der Waals surface area (Å²) in [4.78, 5) is 2.07. The Morgan fingerprint density at radius 1 is 1.44 bits per heavy atom. The maximum Gasteiger partial charge on any atom is 0.261 e. The van der Waals surface area contributed by atoms with Crippen LogP contribution in [-0.2, 0) is 17.1 Å². The zero-order chi connectivity index (χ0) is 13.3. The van der Waals surface area contributed by atoms with E-state index in [2.05, 4.69) is 15.2 Å². The van der Waals surface area contributed by atoms with Gasteiger partial charge in [0.25, 0.3) is 10.0 Å². The molecular weight excluding hydrogens is 254 g/mol. The Bertz CT molecular complexity index is 510. The number of aryl methyl sites for hydroxylation is 1. The summed E-state index contributed by atoms with van der Waals surface area (Å²) < 4.78 is 27.7. The van der Waals surface area contributed by atoms with Crippen molar-refractivity contribution in [1.29, 1.82) is 0 Å². The molecule has 7 nitrogen and oxygen atoms in total. The predicted octanol–water partition coefficient (Wildman–Crippen LogP) is -0.470. The molecule has 102 valence electrons. The highest BCUT2D eigenvalue weighted by molar-refractivity contribution is 7.89. The lowest BCUT2D eigenvalue weighted by Crippen LogP contribution is -2.47. The van der Waals surface area contributed by atoms with Gasteiger partial charge in [-0.2, -0.15) is 4.31 Å². The fourth-order valence-electron chi connectivity index (χ4n) is 2.21. The zero-order valence-corrected chi connectivity index (χ0v) is 11.8. The quantitative estimate of drug-likeness (QED) is 0.744. The molecule has 0 bridgehead atoms. The lowest BCUT2D eigenvalue weighted by atomic mass is 10.1. The highest BCUT2D eigenvalue weighted by atomic mass is 32.2. The molecule has 2 rings (SSSR count). The molecule has 8 heteroatoms. The monoisotopic (exact) mass is 273 g/mol. The SMILES string of the molecule is CN(C)C1CCCN(S(=O)(=O)c2cnnn2C)C1. The number of hydrogen-bond donors (Lipinski definition) is 0. The minimum absolute atomic E-state index is 0.155. The smallest absolute Gasteiger partial charge is 0.261 e. The fourth-order valence-corrected chi connectivity index (χ4v) is 3.76. The molecule has 0 spiro atoms. The molecule has 18 heavy (non-hydrogen) atoms. The minimum atomic E-state index is -3.47. The van der Waals surface area contributed by atoms with E-state index in [0.717, 1.165) is 12.8 Å². The Kier molecular flexibility index (Phi) is 3.69. The van der Waals surface area contributed by atoms with Crippen molar-refractivity contribution in [3.8, 4) is 0 Å². The van der Waals surface area contributed by atoms with E-state index in [0.29, 0.717) is 13.1 Å². The van der Waals surface area contributed by atoms with Gasteiger partial charge in [-0.25, -0.2) is 13.1 Å². The second-order valence-corrected chi connectivity index (χ2v) is 6.70. The molecule has 1 atom stereocenters. The number of piperidine rings is 1. The topological polar surface area (TPSA) is 71.3 Å². The van der Waals surface area contributed by atoms with Crippen molar-refractivity contribution in [2.24, 2.45) is 7.05 Å². The van der Waals surface area contributed by atoms with Crippen molar-refractivity contribution in [1.82, 2.24) is 24.2 Å². The van der Waals surface area contributed by atoms with Crippen molar-refractivity contribution in [3.63, 3.8) is 0 Å². The first-order chi connectivity index (χ1) is 8.43. The van der Waals surface area contributed by atoms with Crippen LogP contribution in [0.3, 0.4) is 0 Å². The highest BCUT2D eigenvalue weighted by Crippen LogP contribution is 2.21. The van der Waals surface area contributed by atoms with Gasteiger partial charge in [0.05, 0.1) is 6.20 Å². The van der Waals surface area contributed by atoms with Crippen LogP contribution in [0.25, 0.3) is 0 Å². The Morgan fingerprint density at radius 2 is 2.17 bits per heavy atom. The second kappa shape index (κ2) is 4.94. The molecule has 2 heterocycles. The molecule has 1 aliphatic rings. The molecule has 0 aromatic carbocycles. The summed E-state index contributed by atoms with van der Waals surface area (Å²) in [6.45, 7) is 1.10. The number of nitrogens with zero attached hydrogens (tertiary/aromatic N) is 5. The summed E-state index contributed by atoms with van der Waals surface area (Å²) in [5, 5.41) is 7.47. The number of rotatable bonds is 3. The van der Waals surface area contributed by atoms with Crippen LogP contribution >= 0.6 is 0 Å². The summed E-state index contributed by atoms with van der Waals surface area (Å²) >= 11 is 0. The third-order valence-corrected chi connectivity index (χ3v) is 5.28. The molecule has 0 radical (unpaired) electrons. The van der Waals surface area contributed by atoms with Gasteiger partial charge in [0.15, 0.2) is 5.03 Å². The number of sulfonamides is 1. The van der Waals surface area contributed by atoms with Gasteiger partial charge in [0.2, 0.25) is 0 Å². The van der Waals surface area contributed by atoms with Crippen molar-refractivity contribution in [2.45, 2.75) is 23.9 Å². The fraction of sp³-hybridized carbons (Fsp3) is 0.800. The predicted molar refractivity (Wildman–Crippen MR) is 66.5 cm³/mol. The van der Waals surface area contributed by atoms with Crippen LogP contribution in [0.2, 0.25) is 0 Å². The van der Waals surface area contributed by atoms with E-state index in [9.17, 15) is 8.42 Å². The molecule has 1 unspecified atom stereocenters. The van der Waals surface area contributed by atoms with Crippen molar-refractivity contribution in [2.75, 3.05) is 27.2 Å². The third-order valence-electron chi connectivity index (χ3n) is 3.37.